The number of benzene rings is 2. The molecule has 3 aromatic rings. The first-order chi connectivity index (χ1) is 15.1. The number of amides is 3. The number of imide groups is 1. The zero-order chi connectivity index (χ0) is 21.5. The average molecular weight is 414 g/mol. The van der Waals surface area contributed by atoms with Gasteiger partial charge in [-0.2, -0.15) is 4.57 Å². The standard InChI is InChI=1S/C24H24N5O2/c1-17-16-28-20-21(25-23(28)29(17)19-13-7-4-8-14-19)26(2)24(31)27(22(20)30)15-9-12-18-10-5-3-6-11-18/h3-8,10-11,13-14,16,20H,9,12,15H2,1-2H3/q+1. The summed E-state index contributed by atoms with van der Waals surface area (Å²) in [6.07, 6.45) is 3.47. The van der Waals surface area contributed by atoms with Gasteiger partial charge in [0.2, 0.25) is 11.9 Å². The molecular formula is C24H24N5O2+. The van der Waals surface area contributed by atoms with Crippen molar-refractivity contribution in [1.29, 1.82) is 0 Å². The summed E-state index contributed by atoms with van der Waals surface area (Å²) in [7, 11) is 1.69. The molecule has 5 rings (SSSR count). The number of likely N-dealkylation sites (N-methyl/N-ethyl adjacent to an activating group) is 1. The minimum Gasteiger partial charge on any atom is -0.270 e. The highest BCUT2D eigenvalue weighted by atomic mass is 16.2. The van der Waals surface area contributed by atoms with Crippen molar-refractivity contribution in [3.8, 4) is 5.69 Å². The average Bonchev–Trinajstić information content (AvgIpc) is 3.30. The smallest absolute Gasteiger partial charge is 0.270 e. The van der Waals surface area contributed by atoms with Gasteiger partial charge in [0, 0.05) is 13.6 Å². The Balaban J connectivity index is 1.44. The third-order valence-electron chi connectivity index (χ3n) is 5.91. The topological polar surface area (TPSA) is 61.8 Å². The first-order valence-electron chi connectivity index (χ1n) is 10.5. The molecule has 0 N–H and O–H groups in total. The molecule has 0 spiro atoms. The fourth-order valence-electron chi connectivity index (χ4n) is 4.37. The van der Waals surface area contributed by atoms with Crippen molar-refractivity contribution in [3.05, 3.63) is 78.1 Å². The lowest BCUT2D eigenvalue weighted by atomic mass is 10.1. The zero-order valence-electron chi connectivity index (χ0n) is 17.6. The van der Waals surface area contributed by atoms with Gasteiger partial charge in [-0.15, -0.1) is 0 Å². The Morgan fingerprint density at radius 3 is 2.39 bits per heavy atom. The van der Waals surface area contributed by atoms with Crippen LogP contribution in [0.3, 0.4) is 0 Å². The van der Waals surface area contributed by atoms with E-state index in [1.165, 1.54) is 15.4 Å². The number of nitrogens with zero attached hydrogens (tertiary/aromatic N) is 5. The monoisotopic (exact) mass is 414 g/mol. The predicted octanol–water partition coefficient (Wildman–Crippen LogP) is 3.18. The van der Waals surface area contributed by atoms with E-state index in [0.717, 1.165) is 24.2 Å². The normalized spacial score (nSPS) is 17.6. The van der Waals surface area contributed by atoms with Gasteiger partial charge in [0.05, 0.1) is 0 Å². The molecule has 0 saturated carbocycles. The Bertz CT molecular complexity index is 1180. The Labute approximate surface area is 180 Å². The van der Waals surface area contributed by atoms with Crippen LogP contribution in [0, 0.1) is 6.92 Å². The Morgan fingerprint density at radius 2 is 1.68 bits per heavy atom. The quantitative estimate of drug-likeness (QED) is 0.602. The van der Waals surface area contributed by atoms with Gasteiger partial charge in [-0.1, -0.05) is 53.5 Å². The van der Waals surface area contributed by atoms with Gasteiger partial charge in [-0.3, -0.25) is 14.6 Å². The van der Waals surface area contributed by atoms with E-state index >= 15 is 0 Å². The molecule has 0 bridgehead atoms. The first-order valence-corrected chi connectivity index (χ1v) is 10.5. The molecule has 1 saturated heterocycles. The summed E-state index contributed by atoms with van der Waals surface area (Å²) >= 11 is 0. The van der Waals surface area contributed by atoms with Crippen molar-refractivity contribution in [3.63, 3.8) is 0 Å². The number of amidine groups is 1. The van der Waals surface area contributed by atoms with Crippen molar-refractivity contribution in [2.75, 3.05) is 13.6 Å². The van der Waals surface area contributed by atoms with Crippen LogP contribution in [0.15, 0.2) is 71.9 Å². The molecule has 7 heteroatoms. The largest absolute Gasteiger partial charge is 0.406 e. The lowest BCUT2D eigenvalue weighted by Crippen LogP contribution is -2.62. The van der Waals surface area contributed by atoms with Crippen molar-refractivity contribution in [2.45, 2.75) is 25.8 Å². The number of fused-ring (bicyclic) bond motifs is 3. The second kappa shape index (κ2) is 7.50. The van der Waals surface area contributed by atoms with Crippen LogP contribution < -0.4 is 4.57 Å². The van der Waals surface area contributed by atoms with E-state index in [-0.39, 0.29) is 11.9 Å². The predicted molar refractivity (Wildman–Crippen MR) is 116 cm³/mol. The maximum atomic E-state index is 13.4. The second-order valence-corrected chi connectivity index (χ2v) is 7.94. The van der Waals surface area contributed by atoms with Crippen molar-refractivity contribution in [2.24, 2.45) is 4.99 Å². The minimum atomic E-state index is -0.613. The number of aliphatic imine (C=N–C) groups is 1. The summed E-state index contributed by atoms with van der Waals surface area (Å²) in [5.74, 6) is 0.917. The van der Waals surface area contributed by atoms with Gasteiger partial charge in [-0.05, 0) is 37.5 Å². The van der Waals surface area contributed by atoms with Crippen LogP contribution in [-0.2, 0) is 11.2 Å². The van der Waals surface area contributed by atoms with Crippen LogP contribution in [0.25, 0.3) is 5.69 Å². The van der Waals surface area contributed by atoms with Gasteiger partial charge in [0.15, 0.2) is 0 Å². The van der Waals surface area contributed by atoms with Gasteiger partial charge in [-0.25, -0.2) is 9.36 Å². The van der Waals surface area contributed by atoms with Gasteiger partial charge in [0.1, 0.15) is 17.6 Å². The zero-order valence-corrected chi connectivity index (χ0v) is 17.6. The van der Waals surface area contributed by atoms with Crippen LogP contribution in [-0.4, -0.2) is 45.7 Å². The molecule has 7 nitrogen and oxygen atoms in total. The molecule has 156 valence electrons. The lowest BCUT2D eigenvalue weighted by Gasteiger charge is -2.33. The molecule has 3 amide bonds. The highest BCUT2D eigenvalue weighted by molar-refractivity contribution is 6.19. The van der Waals surface area contributed by atoms with E-state index in [1.54, 1.807) is 7.05 Å². The SMILES string of the molecule is Cc1c[n+]2c(n1-c1ccccc1)N=C1C2C(=O)N(CCCc2ccccc2)C(=O)N1C. The number of aromatic nitrogens is 2. The summed E-state index contributed by atoms with van der Waals surface area (Å²) in [5.41, 5.74) is 3.15. The molecular weight excluding hydrogens is 390 g/mol. The molecule has 2 aliphatic heterocycles. The van der Waals surface area contributed by atoms with E-state index in [2.05, 4.69) is 12.1 Å². The van der Waals surface area contributed by atoms with Crippen molar-refractivity contribution in [1.82, 2.24) is 14.4 Å². The summed E-state index contributed by atoms with van der Waals surface area (Å²) in [6.45, 7) is 2.38. The second-order valence-electron chi connectivity index (χ2n) is 7.94. The third kappa shape index (κ3) is 3.13. The summed E-state index contributed by atoms with van der Waals surface area (Å²) in [6, 6.07) is 19.1. The minimum absolute atomic E-state index is 0.219. The number of aryl methyl sites for hydroxylation is 2. The highest BCUT2D eigenvalue weighted by Gasteiger charge is 2.53. The maximum absolute atomic E-state index is 13.4. The van der Waals surface area contributed by atoms with Crippen LogP contribution in [0.4, 0.5) is 10.7 Å². The van der Waals surface area contributed by atoms with Gasteiger partial charge >= 0.3 is 12.0 Å². The number of hydrogen-bond acceptors (Lipinski definition) is 3. The summed E-state index contributed by atoms with van der Waals surface area (Å²) in [5, 5.41) is 0. The van der Waals surface area contributed by atoms with Crippen molar-refractivity contribution < 1.29 is 14.2 Å². The molecule has 1 aromatic heterocycles. The van der Waals surface area contributed by atoms with Crippen LogP contribution in [0.1, 0.15) is 23.7 Å². The Hall–Kier alpha value is -3.74. The molecule has 2 aromatic carbocycles. The number of urea groups is 1. The third-order valence-corrected chi connectivity index (χ3v) is 5.91. The van der Waals surface area contributed by atoms with Crippen molar-refractivity contribution >= 4 is 23.7 Å². The fourth-order valence-corrected chi connectivity index (χ4v) is 4.37. The van der Waals surface area contributed by atoms with E-state index in [9.17, 15) is 9.59 Å². The number of rotatable bonds is 5. The van der Waals surface area contributed by atoms with Crippen LogP contribution in [0.5, 0.6) is 0 Å². The number of carbonyl (C=O) groups is 2. The summed E-state index contributed by atoms with van der Waals surface area (Å²) in [4.78, 5) is 33.9. The molecule has 2 aliphatic rings. The fraction of sp³-hybridized carbons (Fsp3) is 0.250. The molecule has 0 radical (unpaired) electrons. The molecule has 1 fully saturated rings. The highest BCUT2D eigenvalue weighted by Crippen LogP contribution is 2.31. The van der Waals surface area contributed by atoms with E-state index in [0.29, 0.717) is 18.3 Å². The summed E-state index contributed by atoms with van der Waals surface area (Å²) < 4.78 is 3.89. The van der Waals surface area contributed by atoms with E-state index in [1.807, 2.05) is 70.8 Å². The van der Waals surface area contributed by atoms with Gasteiger partial charge < -0.3 is 0 Å². The van der Waals surface area contributed by atoms with E-state index < -0.39 is 6.04 Å². The lowest BCUT2D eigenvalue weighted by molar-refractivity contribution is -0.676. The Morgan fingerprint density at radius 1 is 1.00 bits per heavy atom. The van der Waals surface area contributed by atoms with Gasteiger partial charge in [0.25, 0.3) is 5.91 Å². The molecule has 1 unspecified atom stereocenters. The van der Waals surface area contributed by atoms with E-state index in [4.69, 9.17) is 4.99 Å². The number of carbonyl (C=O) groups excluding carboxylic acids is 2. The molecule has 31 heavy (non-hydrogen) atoms. The number of imidazole rings is 1. The number of para-hydroxylation sites is 1. The molecule has 3 heterocycles. The molecule has 1 atom stereocenters. The van der Waals surface area contributed by atoms with Crippen LogP contribution >= 0.6 is 0 Å². The number of hydrogen-bond donors (Lipinski definition) is 0. The molecule has 0 aliphatic carbocycles. The first kappa shape index (κ1) is 19.2. The van der Waals surface area contributed by atoms with Crippen LogP contribution in [0.2, 0.25) is 0 Å². The maximum Gasteiger partial charge on any atom is 0.406 e. The Kier molecular flexibility index (Phi) is 4.66.